The lowest BCUT2D eigenvalue weighted by atomic mass is 10.0. The van der Waals surface area contributed by atoms with E-state index in [0.717, 1.165) is 12.0 Å². The largest absolute Gasteiger partial charge is 0.394 e. The third-order valence-corrected chi connectivity index (χ3v) is 5.47. The van der Waals surface area contributed by atoms with E-state index in [4.69, 9.17) is 5.11 Å². The number of rotatable bonds is 4. The zero-order valence-corrected chi connectivity index (χ0v) is 12.3. The van der Waals surface area contributed by atoms with Crippen LogP contribution in [0.3, 0.4) is 0 Å². The molecule has 0 spiro atoms. The molecule has 1 aromatic carbocycles. The summed E-state index contributed by atoms with van der Waals surface area (Å²) in [6.45, 7) is 1.09. The number of nitrogens with zero attached hydrogens (tertiary/aromatic N) is 3. The lowest BCUT2D eigenvalue weighted by Gasteiger charge is -2.27. The van der Waals surface area contributed by atoms with Crippen LogP contribution in [0.2, 0.25) is 0 Å². The first-order valence-electron chi connectivity index (χ1n) is 6.81. The zero-order chi connectivity index (χ0) is 14.9. The molecule has 2 aromatic rings. The van der Waals surface area contributed by atoms with E-state index in [1.54, 1.807) is 0 Å². The molecule has 0 amide bonds. The van der Waals surface area contributed by atoms with Crippen molar-refractivity contribution in [2.75, 3.05) is 13.2 Å². The van der Waals surface area contributed by atoms with Crippen molar-refractivity contribution in [3.63, 3.8) is 0 Å². The van der Waals surface area contributed by atoms with Crippen LogP contribution < -0.4 is 0 Å². The van der Waals surface area contributed by atoms with E-state index < -0.39 is 10.0 Å². The van der Waals surface area contributed by atoms with E-state index in [1.807, 2.05) is 24.3 Å². The average Bonchev–Trinajstić information content (AvgIpc) is 2.96. The van der Waals surface area contributed by atoms with Crippen LogP contribution in [0.1, 0.15) is 11.1 Å². The molecule has 0 saturated carbocycles. The first-order valence-corrected chi connectivity index (χ1v) is 8.25. The van der Waals surface area contributed by atoms with Crippen molar-refractivity contribution >= 4 is 10.0 Å². The number of benzene rings is 1. The van der Waals surface area contributed by atoms with Gasteiger partial charge in [0.25, 0.3) is 0 Å². The van der Waals surface area contributed by atoms with Crippen LogP contribution in [0.25, 0.3) is 0 Å². The van der Waals surface area contributed by atoms with E-state index >= 15 is 0 Å². The summed E-state index contributed by atoms with van der Waals surface area (Å²) >= 11 is 0. The van der Waals surface area contributed by atoms with Crippen LogP contribution in [0.4, 0.5) is 0 Å². The van der Waals surface area contributed by atoms with Crippen LogP contribution in [-0.4, -0.2) is 40.8 Å². The Balaban J connectivity index is 1.85. The summed E-state index contributed by atoms with van der Waals surface area (Å²) in [6.07, 6.45) is 3.53. The molecule has 0 radical (unpaired) electrons. The minimum absolute atomic E-state index is 0.0712. The lowest BCUT2D eigenvalue weighted by Crippen LogP contribution is -2.35. The van der Waals surface area contributed by atoms with E-state index in [-0.39, 0.29) is 11.5 Å². The highest BCUT2D eigenvalue weighted by atomic mass is 32.2. The first kappa shape index (κ1) is 14.2. The predicted molar refractivity (Wildman–Crippen MR) is 77.1 cm³/mol. The van der Waals surface area contributed by atoms with Gasteiger partial charge in [0, 0.05) is 19.3 Å². The minimum atomic E-state index is -3.53. The van der Waals surface area contributed by atoms with E-state index in [2.05, 4.69) is 5.10 Å². The van der Waals surface area contributed by atoms with Gasteiger partial charge in [0.15, 0.2) is 0 Å². The van der Waals surface area contributed by atoms with Crippen LogP contribution in [0.15, 0.2) is 41.6 Å². The van der Waals surface area contributed by atoms with Crippen molar-refractivity contribution in [3.8, 4) is 0 Å². The number of hydrogen-bond donors (Lipinski definition) is 1. The van der Waals surface area contributed by atoms with Crippen LogP contribution in [-0.2, 0) is 29.5 Å². The Labute approximate surface area is 123 Å². The van der Waals surface area contributed by atoms with Gasteiger partial charge in [-0.3, -0.25) is 4.68 Å². The van der Waals surface area contributed by atoms with Gasteiger partial charge in [-0.1, -0.05) is 24.3 Å². The highest BCUT2D eigenvalue weighted by molar-refractivity contribution is 7.89. The van der Waals surface area contributed by atoms with Crippen LogP contribution >= 0.6 is 0 Å². The topological polar surface area (TPSA) is 75.4 Å². The molecule has 0 unspecified atom stereocenters. The van der Waals surface area contributed by atoms with Crippen molar-refractivity contribution < 1.29 is 13.5 Å². The molecular formula is C14H17N3O3S. The Morgan fingerprint density at radius 3 is 2.76 bits per heavy atom. The van der Waals surface area contributed by atoms with Gasteiger partial charge >= 0.3 is 0 Å². The van der Waals surface area contributed by atoms with Gasteiger partial charge in [-0.05, 0) is 17.5 Å². The maximum Gasteiger partial charge on any atom is 0.246 e. The smallest absolute Gasteiger partial charge is 0.246 e. The zero-order valence-electron chi connectivity index (χ0n) is 11.5. The summed E-state index contributed by atoms with van der Waals surface area (Å²) in [6, 6.07) is 7.90. The second kappa shape index (κ2) is 5.59. The van der Waals surface area contributed by atoms with Crippen molar-refractivity contribution in [2.24, 2.45) is 0 Å². The van der Waals surface area contributed by atoms with Crippen molar-refractivity contribution in [1.29, 1.82) is 0 Å². The van der Waals surface area contributed by atoms with Gasteiger partial charge in [0.05, 0.1) is 19.3 Å². The van der Waals surface area contributed by atoms with E-state index in [0.29, 0.717) is 19.6 Å². The highest BCUT2D eigenvalue weighted by Gasteiger charge is 2.29. The molecule has 21 heavy (non-hydrogen) atoms. The molecule has 0 bridgehead atoms. The monoisotopic (exact) mass is 307 g/mol. The second-order valence-electron chi connectivity index (χ2n) is 5.02. The predicted octanol–water partition coefficient (Wildman–Crippen LogP) is 0.622. The van der Waals surface area contributed by atoms with Gasteiger partial charge in [0.1, 0.15) is 4.90 Å². The van der Waals surface area contributed by atoms with Crippen LogP contribution in [0, 0.1) is 0 Å². The van der Waals surface area contributed by atoms with Gasteiger partial charge in [0.2, 0.25) is 10.0 Å². The Hall–Kier alpha value is -1.70. The number of hydrogen-bond acceptors (Lipinski definition) is 4. The molecule has 0 aliphatic carbocycles. The van der Waals surface area contributed by atoms with Gasteiger partial charge in [-0.15, -0.1) is 0 Å². The fourth-order valence-electron chi connectivity index (χ4n) is 2.53. The molecule has 2 heterocycles. The SMILES string of the molecule is O=S(=O)(c1cnn(CCO)c1)N1CCc2ccccc2C1. The standard InChI is InChI=1S/C14H17N3O3S/c18-8-7-16-11-14(9-15-16)21(19,20)17-6-5-12-3-1-2-4-13(12)10-17/h1-4,9,11,18H,5-8,10H2. The molecule has 3 rings (SSSR count). The lowest BCUT2D eigenvalue weighted by molar-refractivity contribution is 0.269. The molecule has 0 fully saturated rings. The van der Waals surface area contributed by atoms with Gasteiger partial charge in [-0.25, -0.2) is 8.42 Å². The summed E-state index contributed by atoms with van der Waals surface area (Å²) in [5, 5.41) is 12.8. The molecule has 7 heteroatoms. The molecule has 0 saturated heterocycles. The Bertz CT molecular complexity index is 739. The quantitative estimate of drug-likeness (QED) is 0.898. The number of sulfonamides is 1. The summed E-state index contributed by atoms with van der Waals surface area (Å²) in [5.41, 5.74) is 2.26. The Morgan fingerprint density at radius 1 is 1.24 bits per heavy atom. The molecule has 1 aliphatic rings. The molecular weight excluding hydrogens is 290 g/mol. The fourth-order valence-corrected chi connectivity index (χ4v) is 3.90. The third-order valence-electron chi connectivity index (χ3n) is 3.67. The molecule has 1 N–H and O–H groups in total. The van der Waals surface area contributed by atoms with Crippen molar-refractivity contribution in [3.05, 3.63) is 47.8 Å². The molecule has 6 nitrogen and oxygen atoms in total. The number of aromatic nitrogens is 2. The third kappa shape index (κ3) is 2.72. The summed E-state index contributed by atoms with van der Waals surface area (Å²) in [4.78, 5) is 0.176. The van der Waals surface area contributed by atoms with E-state index in [1.165, 1.54) is 26.9 Å². The highest BCUT2D eigenvalue weighted by Crippen LogP contribution is 2.24. The summed E-state index contributed by atoms with van der Waals surface area (Å²) in [7, 11) is -3.53. The number of aliphatic hydroxyl groups is 1. The Morgan fingerprint density at radius 2 is 2.00 bits per heavy atom. The van der Waals surface area contributed by atoms with Crippen molar-refractivity contribution in [1.82, 2.24) is 14.1 Å². The summed E-state index contributed by atoms with van der Waals surface area (Å²) < 4.78 is 28.2. The maximum absolute atomic E-state index is 12.6. The Kier molecular flexibility index (Phi) is 3.79. The molecule has 1 aliphatic heterocycles. The minimum Gasteiger partial charge on any atom is -0.394 e. The summed E-state index contributed by atoms with van der Waals surface area (Å²) in [5.74, 6) is 0. The van der Waals surface area contributed by atoms with Crippen LogP contribution in [0.5, 0.6) is 0 Å². The molecule has 0 atom stereocenters. The maximum atomic E-state index is 12.6. The normalized spacial score (nSPS) is 15.9. The fraction of sp³-hybridized carbons (Fsp3) is 0.357. The van der Waals surface area contributed by atoms with Gasteiger partial charge in [-0.2, -0.15) is 9.40 Å². The number of fused-ring (bicyclic) bond motifs is 1. The molecule has 1 aromatic heterocycles. The average molecular weight is 307 g/mol. The second-order valence-corrected chi connectivity index (χ2v) is 6.96. The number of aliphatic hydroxyl groups excluding tert-OH is 1. The molecule has 112 valence electrons. The van der Waals surface area contributed by atoms with E-state index in [9.17, 15) is 8.42 Å². The van der Waals surface area contributed by atoms with Crippen molar-refractivity contribution in [2.45, 2.75) is 24.4 Å². The van der Waals surface area contributed by atoms with Gasteiger partial charge < -0.3 is 5.11 Å². The first-order chi connectivity index (χ1) is 10.1.